The van der Waals surface area contributed by atoms with Gasteiger partial charge >= 0.3 is 0 Å². The predicted octanol–water partition coefficient (Wildman–Crippen LogP) is 1.90. The maximum Gasteiger partial charge on any atom is 0.242 e. The molecule has 1 unspecified atom stereocenters. The monoisotopic (exact) mass is 336 g/mol. The van der Waals surface area contributed by atoms with Gasteiger partial charge in [0.1, 0.15) is 11.9 Å². The van der Waals surface area contributed by atoms with Crippen molar-refractivity contribution in [3.8, 4) is 0 Å². The molecule has 1 amide bonds. The lowest BCUT2D eigenvalue weighted by molar-refractivity contribution is -0.122. The number of carbonyl (C=O) groups excluding carboxylic acids is 1. The molecule has 0 fully saturated rings. The molecule has 2 rings (SSSR count). The summed E-state index contributed by atoms with van der Waals surface area (Å²) < 4.78 is 40.8. The highest BCUT2D eigenvalue weighted by Crippen LogP contribution is 2.20. The first-order valence-electron chi connectivity index (χ1n) is 6.90. The Morgan fingerprint density at radius 2 is 1.78 bits per heavy atom. The predicted molar refractivity (Wildman–Crippen MR) is 84.7 cm³/mol. The van der Waals surface area contributed by atoms with E-state index in [1.807, 2.05) is 0 Å². The van der Waals surface area contributed by atoms with Crippen molar-refractivity contribution in [2.75, 3.05) is 7.05 Å². The van der Waals surface area contributed by atoms with Gasteiger partial charge in [-0.05, 0) is 30.2 Å². The van der Waals surface area contributed by atoms with Gasteiger partial charge in [-0.25, -0.2) is 12.8 Å². The number of aryl methyl sites for hydroxylation is 1. The van der Waals surface area contributed by atoms with Crippen LogP contribution >= 0.6 is 0 Å². The average Bonchev–Trinajstić information content (AvgIpc) is 2.55. The topological polar surface area (TPSA) is 75.3 Å². The molecule has 1 atom stereocenters. The van der Waals surface area contributed by atoms with Crippen molar-refractivity contribution in [2.45, 2.75) is 17.9 Å². The molecule has 2 aromatic rings. The molecule has 2 aromatic carbocycles. The van der Waals surface area contributed by atoms with Crippen LogP contribution < -0.4 is 10.0 Å². The van der Waals surface area contributed by atoms with Crippen LogP contribution in [-0.4, -0.2) is 21.4 Å². The summed E-state index contributed by atoms with van der Waals surface area (Å²) in [6, 6.07) is 10.8. The van der Waals surface area contributed by atoms with Crippen LogP contribution in [0, 0.1) is 12.7 Å². The Kier molecular flexibility index (Phi) is 5.12. The summed E-state index contributed by atoms with van der Waals surface area (Å²) in [7, 11) is -2.65. The number of sulfonamides is 1. The van der Waals surface area contributed by atoms with E-state index in [0.29, 0.717) is 11.1 Å². The van der Waals surface area contributed by atoms with E-state index >= 15 is 0 Å². The number of carbonyl (C=O) groups is 1. The maximum atomic E-state index is 13.4. The largest absolute Gasteiger partial charge is 0.357 e. The SMILES string of the molecule is CNC(=O)C(NS(=O)(=O)c1cc(F)ccc1C)c1ccccc1. The molecule has 0 saturated carbocycles. The smallest absolute Gasteiger partial charge is 0.242 e. The number of benzene rings is 2. The van der Waals surface area contributed by atoms with Crippen LogP contribution in [0.15, 0.2) is 53.4 Å². The standard InChI is InChI=1S/C16H17FN2O3S/c1-11-8-9-13(17)10-14(11)23(21,22)19-15(16(20)18-2)12-6-4-3-5-7-12/h3-10,15,19H,1-2H3,(H,18,20). The van der Waals surface area contributed by atoms with Gasteiger partial charge in [-0.2, -0.15) is 4.72 Å². The van der Waals surface area contributed by atoms with Crippen LogP contribution in [0.1, 0.15) is 17.2 Å². The fourth-order valence-electron chi connectivity index (χ4n) is 2.14. The van der Waals surface area contributed by atoms with Crippen molar-refractivity contribution in [1.29, 1.82) is 0 Å². The first kappa shape index (κ1) is 17.1. The molecule has 0 spiro atoms. The average molecular weight is 336 g/mol. The second-order valence-corrected chi connectivity index (χ2v) is 6.67. The number of amides is 1. The molecule has 0 aliphatic carbocycles. The molecular weight excluding hydrogens is 319 g/mol. The van der Waals surface area contributed by atoms with Gasteiger partial charge in [0.05, 0.1) is 4.90 Å². The Morgan fingerprint density at radius 3 is 2.39 bits per heavy atom. The third-order valence-electron chi connectivity index (χ3n) is 3.35. The van der Waals surface area contributed by atoms with Gasteiger partial charge in [-0.1, -0.05) is 36.4 Å². The summed E-state index contributed by atoms with van der Waals surface area (Å²) in [4.78, 5) is 11.9. The van der Waals surface area contributed by atoms with E-state index < -0.39 is 27.8 Å². The molecule has 0 bridgehead atoms. The Morgan fingerprint density at radius 1 is 1.13 bits per heavy atom. The van der Waals surface area contributed by atoms with Gasteiger partial charge in [0.25, 0.3) is 0 Å². The number of halogens is 1. The maximum absolute atomic E-state index is 13.4. The number of likely N-dealkylation sites (N-methyl/N-ethyl adjacent to an activating group) is 1. The van der Waals surface area contributed by atoms with E-state index in [1.165, 1.54) is 19.2 Å². The van der Waals surface area contributed by atoms with Crippen molar-refractivity contribution in [1.82, 2.24) is 10.0 Å². The number of rotatable bonds is 5. The van der Waals surface area contributed by atoms with Crippen molar-refractivity contribution >= 4 is 15.9 Å². The molecule has 2 N–H and O–H groups in total. The molecule has 5 nitrogen and oxygen atoms in total. The minimum Gasteiger partial charge on any atom is -0.357 e. The molecule has 0 saturated heterocycles. The third kappa shape index (κ3) is 3.94. The second-order valence-electron chi connectivity index (χ2n) is 4.99. The van der Waals surface area contributed by atoms with Crippen molar-refractivity contribution in [3.05, 3.63) is 65.5 Å². The van der Waals surface area contributed by atoms with Crippen LogP contribution in [-0.2, 0) is 14.8 Å². The summed E-state index contributed by atoms with van der Waals surface area (Å²) in [6.45, 7) is 1.56. The summed E-state index contributed by atoms with van der Waals surface area (Å²) in [5, 5.41) is 2.42. The highest BCUT2D eigenvalue weighted by molar-refractivity contribution is 7.89. The van der Waals surface area contributed by atoms with Gasteiger partial charge in [-0.3, -0.25) is 4.79 Å². The van der Waals surface area contributed by atoms with E-state index in [-0.39, 0.29) is 4.90 Å². The molecule has 0 heterocycles. The lowest BCUT2D eigenvalue weighted by Crippen LogP contribution is -2.39. The molecule has 122 valence electrons. The minimum atomic E-state index is -4.07. The van der Waals surface area contributed by atoms with E-state index in [9.17, 15) is 17.6 Å². The quantitative estimate of drug-likeness (QED) is 0.876. The Balaban J connectivity index is 2.43. The lowest BCUT2D eigenvalue weighted by atomic mass is 10.1. The Bertz CT molecular complexity index is 807. The molecule has 0 radical (unpaired) electrons. The Labute approximate surface area is 134 Å². The van der Waals surface area contributed by atoms with E-state index in [2.05, 4.69) is 10.0 Å². The Hall–Kier alpha value is -2.25. The van der Waals surface area contributed by atoms with Gasteiger partial charge < -0.3 is 5.32 Å². The zero-order chi connectivity index (χ0) is 17.0. The fourth-order valence-corrected chi connectivity index (χ4v) is 3.58. The van der Waals surface area contributed by atoms with E-state index in [4.69, 9.17) is 0 Å². The van der Waals surface area contributed by atoms with E-state index in [1.54, 1.807) is 37.3 Å². The first-order chi connectivity index (χ1) is 10.8. The van der Waals surface area contributed by atoms with Crippen molar-refractivity contribution < 1.29 is 17.6 Å². The number of nitrogens with one attached hydrogen (secondary N) is 2. The zero-order valence-electron chi connectivity index (χ0n) is 12.7. The highest BCUT2D eigenvalue weighted by atomic mass is 32.2. The zero-order valence-corrected chi connectivity index (χ0v) is 13.5. The van der Waals surface area contributed by atoms with Crippen LogP contribution in [0.3, 0.4) is 0 Å². The van der Waals surface area contributed by atoms with Gasteiger partial charge in [0, 0.05) is 7.05 Å². The van der Waals surface area contributed by atoms with Crippen LogP contribution in [0.4, 0.5) is 4.39 Å². The molecule has 23 heavy (non-hydrogen) atoms. The number of hydrogen-bond acceptors (Lipinski definition) is 3. The fraction of sp³-hybridized carbons (Fsp3) is 0.188. The van der Waals surface area contributed by atoms with Gasteiger partial charge in [-0.15, -0.1) is 0 Å². The normalized spacial score (nSPS) is 12.7. The van der Waals surface area contributed by atoms with Gasteiger partial charge in [0.2, 0.25) is 15.9 Å². The second kappa shape index (κ2) is 6.89. The summed E-state index contributed by atoms with van der Waals surface area (Å²) in [6.07, 6.45) is 0. The van der Waals surface area contributed by atoms with Crippen molar-refractivity contribution in [2.24, 2.45) is 0 Å². The van der Waals surface area contributed by atoms with Gasteiger partial charge in [0.15, 0.2) is 0 Å². The molecule has 0 aliphatic rings. The van der Waals surface area contributed by atoms with Crippen LogP contribution in [0.2, 0.25) is 0 Å². The number of hydrogen-bond donors (Lipinski definition) is 2. The molecule has 0 aliphatic heterocycles. The lowest BCUT2D eigenvalue weighted by Gasteiger charge is -2.18. The third-order valence-corrected chi connectivity index (χ3v) is 4.92. The molecule has 0 aromatic heterocycles. The van der Waals surface area contributed by atoms with Crippen LogP contribution in [0.25, 0.3) is 0 Å². The summed E-state index contributed by atoms with van der Waals surface area (Å²) in [5.41, 5.74) is 0.882. The summed E-state index contributed by atoms with van der Waals surface area (Å²) in [5.74, 6) is -1.17. The van der Waals surface area contributed by atoms with Crippen LogP contribution in [0.5, 0.6) is 0 Å². The van der Waals surface area contributed by atoms with E-state index in [0.717, 1.165) is 6.07 Å². The van der Waals surface area contributed by atoms with Crippen molar-refractivity contribution in [3.63, 3.8) is 0 Å². The highest BCUT2D eigenvalue weighted by Gasteiger charge is 2.27. The first-order valence-corrected chi connectivity index (χ1v) is 8.38. The summed E-state index contributed by atoms with van der Waals surface area (Å²) >= 11 is 0. The molecule has 7 heteroatoms. The minimum absolute atomic E-state index is 0.192. The molecular formula is C16H17FN2O3S.